The highest BCUT2D eigenvalue weighted by molar-refractivity contribution is 5.94. The minimum absolute atomic E-state index is 0.277. The van der Waals surface area contributed by atoms with Crippen LogP contribution < -0.4 is 5.73 Å². The Morgan fingerprint density at radius 3 is 2.85 bits per heavy atom. The topological polar surface area (TPSA) is 107 Å². The number of hydrogen-bond donors (Lipinski definition) is 2. The van der Waals surface area contributed by atoms with Gasteiger partial charge in [-0.05, 0) is 37.5 Å². The molecule has 0 spiro atoms. The number of aromatic amines is 1. The first-order chi connectivity index (χ1) is 12.7. The van der Waals surface area contributed by atoms with Crippen molar-refractivity contribution in [3.8, 4) is 22.5 Å². The van der Waals surface area contributed by atoms with Crippen molar-refractivity contribution in [2.24, 2.45) is 0 Å². The zero-order valence-electron chi connectivity index (χ0n) is 14.8. The lowest BCUT2D eigenvalue weighted by molar-refractivity contribution is 0.415. The Morgan fingerprint density at radius 1 is 1.19 bits per heavy atom. The molecule has 3 N–H and O–H groups in total. The SMILES string of the molecule is CCCCc1cnc(N)nc1-c1c[nH]c2nc(-c3conc3C)ccc12. The van der Waals surface area contributed by atoms with Gasteiger partial charge in [0.15, 0.2) is 0 Å². The van der Waals surface area contributed by atoms with Crippen LogP contribution in [0.3, 0.4) is 0 Å². The summed E-state index contributed by atoms with van der Waals surface area (Å²) in [6.07, 6.45) is 8.48. The molecule has 4 aromatic rings. The van der Waals surface area contributed by atoms with Gasteiger partial charge in [0.2, 0.25) is 5.95 Å². The van der Waals surface area contributed by atoms with Gasteiger partial charge in [0, 0.05) is 23.3 Å². The first-order valence-electron chi connectivity index (χ1n) is 8.68. The third kappa shape index (κ3) is 2.81. The molecule has 4 heterocycles. The van der Waals surface area contributed by atoms with Gasteiger partial charge in [-0.15, -0.1) is 0 Å². The van der Waals surface area contributed by atoms with Crippen LogP contribution in [-0.2, 0) is 6.42 Å². The molecule has 0 aliphatic heterocycles. The fourth-order valence-corrected chi connectivity index (χ4v) is 3.09. The second-order valence-corrected chi connectivity index (χ2v) is 6.31. The smallest absolute Gasteiger partial charge is 0.220 e. The summed E-state index contributed by atoms with van der Waals surface area (Å²) in [5.74, 6) is 0.277. The summed E-state index contributed by atoms with van der Waals surface area (Å²) in [5.41, 5.74) is 12.1. The molecule has 7 heteroatoms. The molecule has 0 saturated carbocycles. The van der Waals surface area contributed by atoms with E-state index in [0.717, 1.165) is 64.1 Å². The Hall–Kier alpha value is -3.22. The second kappa shape index (κ2) is 6.59. The highest BCUT2D eigenvalue weighted by Crippen LogP contribution is 2.32. The van der Waals surface area contributed by atoms with Gasteiger partial charge in [-0.25, -0.2) is 15.0 Å². The van der Waals surface area contributed by atoms with E-state index in [1.165, 1.54) is 0 Å². The average Bonchev–Trinajstić information content (AvgIpc) is 3.26. The van der Waals surface area contributed by atoms with E-state index in [9.17, 15) is 0 Å². The number of nitrogen functional groups attached to an aromatic ring is 1. The molecule has 0 aromatic carbocycles. The molecule has 0 aliphatic rings. The number of aromatic nitrogens is 5. The van der Waals surface area contributed by atoms with Crippen LogP contribution in [0.2, 0.25) is 0 Å². The van der Waals surface area contributed by atoms with Crippen molar-refractivity contribution >= 4 is 17.0 Å². The highest BCUT2D eigenvalue weighted by atomic mass is 16.5. The summed E-state index contributed by atoms with van der Waals surface area (Å²) in [7, 11) is 0. The van der Waals surface area contributed by atoms with Crippen LogP contribution in [0.4, 0.5) is 5.95 Å². The Bertz CT molecular complexity index is 1070. The Balaban J connectivity index is 1.81. The van der Waals surface area contributed by atoms with Gasteiger partial charge >= 0.3 is 0 Å². The van der Waals surface area contributed by atoms with Crippen LogP contribution in [0.1, 0.15) is 31.0 Å². The normalized spacial score (nSPS) is 11.3. The summed E-state index contributed by atoms with van der Waals surface area (Å²) in [4.78, 5) is 16.6. The van der Waals surface area contributed by atoms with Crippen molar-refractivity contribution < 1.29 is 4.52 Å². The summed E-state index contributed by atoms with van der Waals surface area (Å²) in [6.45, 7) is 4.07. The van der Waals surface area contributed by atoms with Crippen molar-refractivity contribution in [3.05, 3.63) is 42.0 Å². The number of nitrogens with zero attached hydrogens (tertiary/aromatic N) is 4. The molecular formula is C19H20N6O. The molecule has 4 aromatic heterocycles. The van der Waals surface area contributed by atoms with Crippen LogP contribution in [-0.4, -0.2) is 25.1 Å². The number of rotatable bonds is 5. The van der Waals surface area contributed by atoms with Crippen LogP contribution in [0.5, 0.6) is 0 Å². The Morgan fingerprint density at radius 2 is 2.08 bits per heavy atom. The van der Waals surface area contributed by atoms with Crippen molar-refractivity contribution in [2.45, 2.75) is 33.1 Å². The van der Waals surface area contributed by atoms with E-state index in [0.29, 0.717) is 0 Å². The fraction of sp³-hybridized carbons (Fsp3) is 0.263. The number of nitrogens with two attached hydrogens (primary N) is 1. The molecule has 0 amide bonds. The molecule has 7 nitrogen and oxygen atoms in total. The minimum Gasteiger partial charge on any atom is -0.368 e. The average molecular weight is 348 g/mol. The maximum atomic E-state index is 5.85. The van der Waals surface area contributed by atoms with Crippen LogP contribution in [0.25, 0.3) is 33.5 Å². The molecule has 0 aliphatic carbocycles. The quantitative estimate of drug-likeness (QED) is 0.566. The van der Waals surface area contributed by atoms with Gasteiger partial charge in [-0.1, -0.05) is 18.5 Å². The molecule has 26 heavy (non-hydrogen) atoms. The minimum atomic E-state index is 0.277. The number of unbranched alkanes of at least 4 members (excludes halogenated alkanes) is 1. The van der Waals surface area contributed by atoms with Crippen LogP contribution in [0, 0.1) is 6.92 Å². The highest BCUT2D eigenvalue weighted by Gasteiger charge is 2.15. The molecule has 132 valence electrons. The van der Waals surface area contributed by atoms with Gasteiger partial charge in [0.05, 0.1) is 22.6 Å². The number of fused-ring (bicyclic) bond motifs is 1. The second-order valence-electron chi connectivity index (χ2n) is 6.31. The summed E-state index contributed by atoms with van der Waals surface area (Å²) < 4.78 is 5.02. The molecule has 0 radical (unpaired) electrons. The number of H-pyrrole nitrogens is 1. The monoisotopic (exact) mass is 348 g/mol. The first kappa shape index (κ1) is 16.3. The number of aryl methyl sites for hydroxylation is 2. The summed E-state index contributed by atoms with van der Waals surface area (Å²) in [5, 5.41) is 4.92. The van der Waals surface area contributed by atoms with E-state index in [1.54, 1.807) is 6.26 Å². The molecule has 0 bridgehead atoms. The van der Waals surface area contributed by atoms with Crippen molar-refractivity contribution in [3.63, 3.8) is 0 Å². The predicted molar refractivity (Wildman–Crippen MR) is 100 cm³/mol. The fourth-order valence-electron chi connectivity index (χ4n) is 3.09. The van der Waals surface area contributed by atoms with E-state index in [2.05, 4.69) is 27.0 Å². The standard InChI is InChI=1S/C19H20N6O/c1-3-4-5-12-8-22-19(20)24-17(12)14-9-21-18-13(14)6-7-16(23-18)15-10-26-25-11(15)2/h6-10H,3-5H2,1-2H3,(H,21,23)(H2,20,22,24). The Labute approximate surface area is 150 Å². The van der Waals surface area contributed by atoms with Crippen molar-refractivity contribution in [2.75, 3.05) is 5.73 Å². The zero-order chi connectivity index (χ0) is 18.1. The molecule has 4 rings (SSSR count). The summed E-state index contributed by atoms with van der Waals surface area (Å²) >= 11 is 0. The van der Waals surface area contributed by atoms with Gasteiger partial charge < -0.3 is 15.2 Å². The molecular weight excluding hydrogens is 328 g/mol. The predicted octanol–water partition coefficient (Wildman–Crippen LogP) is 3.91. The first-order valence-corrected chi connectivity index (χ1v) is 8.68. The lowest BCUT2D eigenvalue weighted by Gasteiger charge is -2.08. The maximum Gasteiger partial charge on any atom is 0.220 e. The Kier molecular flexibility index (Phi) is 4.12. The lowest BCUT2D eigenvalue weighted by Crippen LogP contribution is -2.01. The van der Waals surface area contributed by atoms with Crippen LogP contribution >= 0.6 is 0 Å². The number of hydrogen-bond acceptors (Lipinski definition) is 6. The van der Waals surface area contributed by atoms with Gasteiger partial charge in [0.1, 0.15) is 11.9 Å². The van der Waals surface area contributed by atoms with E-state index < -0.39 is 0 Å². The summed E-state index contributed by atoms with van der Waals surface area (Å²) in [6, 6.07) is 4.01. The number of anilines is 1. The van der Waals surface area contributed by atoms with Crippen molar-refractivity contribution in [1.82, 2.24) is 25.1 Å². The van der Waals surface area contributed by atoms with Crippen molar-refractivity contribution in [1.29, 1.82) is 0 Å². The van der Waals surface area contributed by atoms with Gasteiger partial charge in [-0.3, -0.25) is 0 Å². The van der Waals surface area contributed by atoms with E-state index >= 15 is 0 Å². The molecule has 0 unspecified atom stereocenters. The molecule has 0 fully saturated rings. The van der Waals surface area contributed by atoms with Gasteiger partial charge in [0.25, 0.3) is 0 Å². The lowest BCUT2D eigenvalue weighted by atomic mass is 10.0. The van der Waals surface area contributed by atoms with Gasteiger partial charge in [-0.2, -0.15) is 0 Å². The van der Waals surface area contributed by atoms with E-state index in [-0.39, 0.29) is 5.95 Å². The van der Waals surface area contributed by atoms with E-state index in [1.807, 2.05) is 31.5 Å². The number of pyridine rings is 1. The molecule has 0 saturated heterocycles. The van der Waals surface area contributed by atoms with Crippen LogP contribution in [0.15, 0.2) is 35.3 Å². The largest absolute Gasteiger partial charge is 0.368 e. The maximum absolute atomic E-state index is 5.85. The zero-order valence-corrected chi connectivity index (χ0v) is 14.8. The molecule has 0 atom stereocenters. The van der Waals surface area contributed by atoms with E-state index in [4.69, 9.17) is 15.2 Å². The third-order valence-electron chi connectivity index (χ3n) is 4.50. The number of nitrogens with one attached hydrogen (secondary N) is 1. The third-order valence-corrected chi connectivity index (χ3v) is 4.50.